The summed E-state index contributed by atoms with van der Waals surface area (Å²) < 4.78 is 21.1. The highest BCUT2D eigenvalue weighted by Crippen LogP contribution is 2.30. The van der Waals surface area contributed by atoms with E-state index >= 15 is 0 Å². The zero-order valence-corrected chi connectivity index (χ0v) is 14.5. The third kappa shape index (κ3) is 3.49. The monoisotopic (exact) mass is 355 g/mol. The minimum absolute atomic E-state index is 0.172. The van der Waals surface area contributed by atoms with Crippen molar-refractivity contribution in [3.8, 4) is 22.9 Å². The van der Waals surface area contributed by atoms with Gasteiger partial charge in [-0.05, 0) is 31.2 Å². The highest BCUT2D eigenvalue weighted by atomic mass is 16.6. The van der Waals surface area contributed by atoms with Crippen molar-refractivity contribution in [2.75, 3.05) is 14.2 Å². The van der Waals surface area contributed by atoms with E-state index in [9.17, 15) is 4.79 Å². The first-order valence-electron chi connectivity index (χ1n) is 7.80. The molecule has 0 spiro atoms. The van der Waals surface area contributed by atoms with Gasteiger partial charge < -0.3 is 18.7 Å². The summed E-state index contributed by atoms with van der Waals surface area (Å²) in [5.74, 6) is 0.621. The number of esters is 1. The molecule has 2 aromatic heterocycles. The van der Waals surface area contributed by atoms with E-state index in [0.29, 0.717) is 22.9 Å². The van der Waals surface area contributed by atoms with E-state index in [1.807, 2.05) is 0 Å². The summed E-state index contributed by atoms with van der Waals surface area (Å²) in [6.07, 6.45) is 2.51. The molecule has 3 aromatic rings. The number of carbonyl (C=O) groups is 1. The molecule has 0 saturated carbocycles. The molecule has 8 heteroatoms. The van der Waals surface area contributed by atoms with Crippen LogP contribution in [0.15, 0.2) is 47.2 Å². The molecule has 1 atom stereocenters. The second kappa shape index (κ2) is 7.64. The Morgan fingerprint density at radius 3 is 2.46 bits per heavy atom. The Balaban J connectivity index is 1.80. The highest BCUT2D eigenvalue weighted by molar-refractivity contribution is 5.95. The Labute approximate surface area is 149 Å². The van der Waals surface area contributed by atoms with Crippen LogP contribution in [0.2, 0.25) is 0 Å². The number of hydrogen-bond donors (Lipinski definition) is 0. The van der Waals surface area contributed by atoms with Crippen molar-refractivity contribution in [1.29, 1.82) is 0 Å². The molecule has 0 aliphatic carbocycles. The molecule has 0 aliphatic heterocycles. The molecule has 1 aromatic carbocycles. The molecule has 0 N–H and O–H groups in total. The molecule has 0 aliphatic rings. The Kier molecular flexibility index (Phi) is 5.12. The second-order valence-corrected chi connectivity index (χ2v) is 5.28. The number of pyridine rings is 1. The summed E-state index contributed by atoms with van der Waals surface area (Å²) in [7, 11) is 2.93. The van der Waals surface area contributed by atoms with Gasteiger partial charge in [0.25, 0.3) is 5.89 Å². The van der Waals surface area contributed by atoms with Gasteiger partial charge in [-0.3, -0.25) is 4.98 Å². The van der Waals surface area contributed by atoms with Crippen molar-refractivity contribution in [2.24, 2.45) is 0 Å². The third-order valence-corrected chi connectivity index (χ3v) is 3.63. The molecule has 0 amide bonds. The van der Waals surface area contributed by atoms with E-state index in [1.54, 1.807) is 49.6 Å². The summed E-state index contributed by atoms with van der Waals surface area (Å²) in [4.78, 5) is 20.8. The van der Waals surface area contributed by atoms with Crippen molar-refractivity contribution in [3.63, 3.8) is 0 Å². The summed E-state index contributed by atoms with van der Waals surface area (Å²) in [5, 5.41) is 3.89. The molecule has 0 saturated heterocycles. The molecule has 26 heavy (non-hydrogen) atoms. The number of aromatic nitrogens is 3. The maximum absolute atomic E-state index is 12.6. The smallest absolute Gasteiger partial charge is 0.346 e. The van der Waals surface area contributed by atoms with E-state index in [2.05, 4.69) is 15.1 Å². The van der Waals surface area contributed by atoms with E-state index < -0.39 is 12.1 Å². The molecule has 2 heterocycles. The quantitative estimate of drug-likeness (QED) is 0.622. The van der Waals surface area contributed by atoms with Crippen LogP contribution in [0.5, 0.6) is 11.5 Å². The van der Waals surface area contributed by atoms with Crippen LogP contribution >= 0.6 is 0 Å². The average Bonchev–Trinajstić information content (AvgIpc) is 3.18. The van der Waals surface area contributed by atoms with Gasteiger partial charge in [0.15, 0.2) is 6.10 Å². The van der Waals surface area contributed by atoms with E-state index in [1.165, 1.54) is 14.2 Å². The van der Waals surface area contributed by atoms with Crippen LogP contribution in [0.4, 0.5) is 0 Å². The predicted molar refractivity (Wildman–Crippen MR) is 90.9 cm³/mol. The van der Waals surface area contributed by atoms with E-state index in [0.717, 1.165) is 0 Å². The number of hydrogen-bond acceptors (Lipinski definition) is 8. The van der Waals surface area contributed by atoms with Gasteiger partial charge in [0.2, 0.25) is 5.82 Å². The Bertz CT molecular complexity index is 873. The van der Waals surface area contributed by atoms with Gasteiger partial charge in [-0.25, -0.2) is 4.79 Å². The number of nitrogens with zero attached hydrogens (tertiary/aromatic N) is 3. The maximum Gasteiger partial charge on any atom is 0.346 e. The molecular formula is C18H17N3O5. The van der Waals surface area contributed by atoms with Gasteiger partial charge >= 0.3 is 5.97 Å². The van der Waals surface area contributed by atoms with Crippen LogP contribution in [-0.4, -0.2) is 35.3 Å². The SMILES string of the molecule is COc1cccc(OC)c1C(=O)O[C@@H](C)c1nc(-c2cccnc2)no1. The lowest BCUT2D eigenvalue weighted by Gasteiger charge is -2.14. The fourth-order valence-corrected chi connectivity index (χ4v) is 2.33. The normalized spacial score (nSPS) is 11.7. The summed E-state index contributed by atoms with van der Waals surface area (Å²) in [5.41, 5.74) is 0.892. The number of rotatable bonds is 6. The number of methoxy groups -OCH3 is 2. The fraction of sp³-hybridized carbons (Fsp3) is 0.222. The lowest BCUT2D eigenvalue weighted by atomic mass is 10.1. The molecule has 134 valence electrons. The first kappa shape index (κ1) is 17.4. The zero-order valence-electron chi connectivity index (χ0n) is 14.5. The van der Waals surface area contributed by atoms with Gasteiger partial charge in [0, 0.05) is 18.0 Å². The molecular weight excluding hydrogens is 338 g/mol. The summed E-state index contributed by atoms with van der Waals surface area (Å²) in [6, 6.07) is 8.59. The molecule has 0 bridgehead atoms. The summed E-state index contributed by atoms with van der Waals surface area (Å²) >= 11 is 0. The van der Waals surface area contributed by atoms with Crippen LogP contribution in [0, 0.1) is 0 Å². The first-order valence-corrected chi connectivity index (χ1v) is 7.80. The fourth-order valence-electron chi connectivity index (χ4n) is 2.33. The van der Waals surface area contributed by atoms with Crippen LogP contribution in [0.25, 0.3) is 11.4 Å². The molecule has 0 fully saturated rings. The Morgan fingerprint density at radius 1 is 1.12 bits per heavy atom. The number of carbonyl (C=O) groups excluding carboxylic acids is 1. The highest BCUT2D eigenvalue weighted by Gasteiger charge is 2.25. The van der Waals surface area contributed by atoms with Crippen LogP contribution in [0.3, 0.4) is 0 Å². The van der Waals surface area contributed by atoms with Crippen molar-refractivity contribution in [2.45, 2.75) is 13.0 Å². The number of ether oxygens (including phenoxy) is 3. The zero-order chi connectivity index (χ0) is 18.5. The lowest BCUT2D eigenvalue weighted by Crippen LogP contribution is -2.12. The largest absolute Gasteiger partial charge is 0.496 e. The first-order chi connectivity index (χ1) is 12.6. The van der Waals surface area contributed by atoms with Crippen LogP contribution < -0.4 is 9.47 Å². The average molecular weight is 355 g/mol. The van der Waals surface area contributed by atoms with Crippen molar-refractivity contribution in [1.82, 2.24) is 15.1 Å². The van der Waals surface area contributed by atoms with Gasteiger partial charge in [0.05, 0.1) is 14.2 Å². The Hall–Kier alpha value is -3.42. The third-order valence-electron chi connectivity index (χ3n) is 3.63. The predicted octanol–water partition coefficient (Wildman–Crippen LogP) is 3.07. The standard InChI is InChI=1S/C18H17N3O5/c1-11(17-20-16(21-26-17)12-6-5-9-19-10-12)25-18(22)15-13(23-2)7-4-8-14(15)24-3/h4-11H,1-3H3/t11-/m0/s1. The van der Waals surface area contributed by atoms with Crippen LogP contribution in [0.1, 0.15) is 29.3 Å². The van der Waals surface area contributed by atoms with E-state index in [4.69, 9.17) is 18.7 Å². The minimum Gasteiger partial charge on any atom is -0.496 e. The van der Waals surface area contributed by atoms with Gasteiger partial charge in [0.1, 0.15) is 17.1 Å². The van der Waals surface area contributed by atoms with Crippen molar-refractivity contribution >= 4 is 5.97 Å². The van der Waals surface area contributed by atoms with Crippen molar-refractivity contribution in [3.05, 3.63) is 54.2 Å². The molecule has 0 unspecified atom stereocenters. The van der Waals surface area contributed by atoms with E-state index in [-0.39, 0.29) is 11.5 Å². The molecule has 8 nitrogen and oxygen atoms in total. The minimum atomic E-state index is -0.755. The van der Waals surface area contributed by atoms with Gasteiger partial charge in [-0.1, -0.05) is 11.2 Å². The Morgan fingerprint density at radius 2 is 1.85 bits per heavy atom. The summed E-state index contributed by atoms with van der Waals surface area (Å²) in [6.45, 7) is 1.64. The van der Waals surface area contributed by atoms with Gasteiger partial charge in [-0.2, -0.15) is 4.98 Å². The maximum atomic E-state index is 12.6. The topological polar surface area (TPSA) is 96.6 Å². The lowest BCUT2D eigenvalue weighted by molar-refractivity contribution is 0.0258. The van der Waals surface area contributed by atoms with Crippen LogP contribution in [-0.2, 0) is 4.74 Å². The van der Waals surface area contributed by atoms with Gasteiger partial charge in [-0.15, -0.1) is 0 Å². The number of benzene rings is 1. The molecule has 3 rings (SSSR count). The molecule has 0 radical (unpaired) electrons. The van der Waals surface area contributed by atoms with Crippen molar-refractivity contribution < 1.29 is 23.5 Å². The second-order valence-electron chi connectivity index (χ2n) is 5.28.